The summed E-state index contributed by atoms with van der Waals surface area (Å²) in [6.45, 7) is 0.365. The summed E-state index contributed by atoms with van der Waals surface area (Å²) in [6.07, 6.45) is 0.555. The summed E-state index contributed by atoms with van der Waals surface area (Å²) in [6, 6.07) is 5.46. The highest BCUT2D eigenvalue weighted by Gasteiger charge is 2.15. The van der Waals surface area contributed by atoms with E-state index in [0.717, 1.165) is 17.1 Å². The third-order valence-electron chi connectivity index (χ3n) is 2.26. The summed E-state index contributed by atoms with van der Waals surface area (Å²) in [4.78, 5) is 0. The molecule has 14 heavy (non-hydrogen) atoms. The second-order valence-corrected chi connectivity index (χ2v) is 3.23. The molecule has 1 atom stereocenters. The van der Waals surface area contributed by atoms with E-state index < -0.39 is 0 Å². The van der Waals surface area contributed by atoms with Crippen molar-refractivity contribution in [2.24, 2.45) is 5.73 Å². The Labute approximate surface area is 82.2 Å². The van der Waals surface area contributed by atoms with E-state index in [9.17, 15) is 0 Å². The lowest BCUT2D eigenvalue weighted by Crippen LogP contribution is -2.11. The van der Waals surface area contributed by atoms with E-state index >= 15 is 0 Å². The van der Waals surface area contributed by atoms with Crippen LogP contribution in [0.1, 0.15) is 18.0 Å². The maximum Gasteiger partial charge on any atom is 0.231 e. The summed E-state index contributed by atoms with van der Waals surface area (Å²) in [5.74, 6) is 1.49. The first-order valence-electron chi connectivity index (χ1n) is 4.57. The predicted octanol–water partition coefficient (Wildman–Crippen LogP) is 0.797. The Bertz CT molecular complexity index is 327. The number of benzene rings is 1. The Balaban J connectivity index is 2.19. The lowest BCUT2D eigenvalue weighted by Gasteiger charge is -2.10. The highest BCUT2D eigenvalue weighted by Crippen LogP contribution is 2.34. The van der Waals surface area contributed by atoms with E-state index in [-0.39, 0.29) is 19.4 Å². The fraction of sp³-hybridized carbons (Fsp3) is 0.400. The first-order chi connectivity index (χ1) is 6.81. The fourth-order valence-corrected chi connectivity index (χ4v) is 1.45. The highest BCUT2D eigenvalue weighted by atomic mass is 16.7. The molecule has 76 valence electrons. The van der Waals surface area contributed by atoms with Gasteiger partial charge in [-0.25, -0.2) is 0 Å². The lowest BCUT2D eigenvalue weighted by atomic mass is 10.0. The number of rotatable bonds is 3. The number of ether oxygens (including phenoxy) is 2. The monoisotopic (exact) mass is 195 g/mol. The summed E-state index contributed by atoms with van der Waals surface area (Å²) in [7, 11) is 0. The summed E-state index contributed by atoms with van der Waals surface area (Å²) >= 11 is 0. The molecule has 1 aliphatic heterocycles. The molecule has 0 bridgehead atoms. The number of aliphatic hydroxyl groups is 1. The van der Waals surface area contributed by atoms with Gasteiger partial charge in [0.15, 0.2) is 11.5 Å². The second-order valence-electron chi connectivity index (χ2n) is 3.23. The molecule has 4 nitrogen and oxygen atoms in total. The Morgan fingerprint density at radius 1 is 1.36 bits per heavy atom. The van der Waals surface area contributed by atoms with E-state index in [4.69, 9.17) is 20.3 Å². The van der Waals surface area contributed by atoms with Crippen LogP contribution in [0.25, 0.3) is 0 Å². The smallest absolute Gasteiger partial charge is 0.231 e. The van der Waals surface area contributed by atoms with Crippen LogP contribution >= 0.6 is 0 Å². The molecule has 3 N–H and O–H groups in total. The minimum absolute atomic E-state index is 0.0929. The van der Waals surface area contributed by atoms with Crippen molar-refractivity contribution in [2.45, 2.75) is 12.5 Å². The van der Waals surface area contributed by atoms with Crippen LogP contribution in [-0.4, -0.2) is 18.5 Å². The number of nitrogens with two attached hydrogens (primary N) is 1. The Hall–Kier alpha value is -1.26. The molecule has 1 heterocycles. The van der Waals surface area contributed by atoms with Crippen LogP contribution in [-0.2, 0) is 0 Å². The molecule has 0 radical (unpaired) electrons. The van der Waals surface area contributed by atoms with Gasteiger partial charge in [-0.15, -0.1) is 0 Å². The van der Waals surface area contributed by atoms with Gasteiger partial charge in [-0.3, -0.25) is 0 Å². The second kappa shape index (κ2) is 3.86. The minimum atomic E-state index is -0.144. The van der Waals surface area contributed by atoms with Gasteiger partial charge in [0.05, 0.1) is 0 Å². The van der Waals surface area contributed by atoms with Crippen LogP contribution in [0.15, 0.2) is 18.2 Å². The quantitative estimate of drug-likeness (QED) is 0.748. The van der Waals surface area contributed by atoms with Crippen molar-refractivity contribution < 1.29 is 14.6 Å². The first-order valence-corrected chi connectivity index (χ1v) is 4.57. The zero-order valence-electron chi connectivity index (χ0n) is 7.77. The average molecular weight is 195 g/mol. The molecule has 2 rings (SSSR count). The zero-order valence-corrected chi connectivity index (χ0v) is 7.77. The van der Waals surface area contributed by atoms with Gasteiger partial charge in [0.25, 0.3) is 0 Å². The third kappa shape index (κ3) is 1.66. The summed E-state index contributed by atoms with van der Waals surface area (Å²) < 4.78 is 10.4. The van der Waals surface area contributed by atoms with Gasteiger partial charge in [0.2, 0.25) is 6.79 Å². The molecule has 0 spiro atoms. The maximum absolute atomic E-state index is 8.76. The SMILES string of the molecule is N[C@H](CCO)c1ccc2c(c1)OCO2. The molecule has 1 aliphatic rings. The molecular weight excluding hydrogens is 182 g/mol. The van der Waals surface area contributed by atoms with Gasteiger partial charge in [0, 0.05) is 12.6 Å². The molecule has 0 unspecified atom stereocenters. The fourth-order valence-electron chi connectivity index (χ4n) is 1.45. The predicted molar refractivity (Wildman–Crippen MR) is 51.2 cm³/mol. The minimum Gasteiger partial charge on any atom is -0.454 e. The van der Waals surface area contributed by atoms with Crippen LogP contribution in [0.3, 0.4) is 0 Å². The van der Waals surface area contributed by atoms with Gasteiger partial charge < -0.3 is 20.3 Å². The third-order valence-corrected chi connectivity index (χ3v) is 2.26. The molecule has 1 aromatic carbocycles. The van der Waals surface area contributed by atoms with Crippen LogP contribution in [0.4, 0.5) is 0 Å². The number of aliphatic hydroxyl groups excluding tert-OH is 1. The largest absolute Gasteiger partial charge is 0.454 e. The van der Waals surface area contributed by atoms with Crippen LogP contribution < -0.4 is 15.2 Å². The summed E-state index contributed by atoms with van der Waals surface area (Å²) in [5, 5.41) is 8.76. The van der Waals surface area contributed by atoms with Gasteiger partial charge in [0.1, 0.15) is 0 Å². The standard InChI is InChI=1S/C10H13NO3/c11-8(3-4-12)7-1-2-9-10(5-7)14-6-13-9/h1-2,5,8,12H,3-4,6,11H2/t8-/m1/s1. The van der Waals surface area contributed by atoms with Crippen molar-refractivity contribution in [3.05, 3.63) is 23.8 Å². The molecule has 0 amide bonds. The van der Waals surface area contributed by atoms with E-state index in [1.54, 1.807) is 0 Å². The van der Waals surface area contributed by atoms with Crippen molar-refractivity contribution in [2.75, 3.05) is 13.4 Å². The summed E-state index contributed by atoms with van der Waals surface area (Å²) in [5.41, 5.74) is 6.80. The van der Waals surface area contributed by atoms with Gasteiger partial charge >= 0.3 is 0 Å². The Morgan fingerprint density at radius 2 is 2.14 bits per heavy atom. The van der Waals surface area contributed by atoms with Crippen molar-refractivity contribution in [3.63, 3.8) is 0 Å². The lowest BCUT2D eigenvalue weighted by molar-refractivity contribution is 0.174. The van der Waals surface area contributed by atoms with E-state index in [1.165, 1.54) is 0 Å². The molecule has 0 aromatic heterocycles. The van der Waals surface area contributed by atoms with Crippen LogP contribution in [0.5, 0.6) is 11.5 Å². The van der Waals surface area contributed by atoms with E-state index in [1.807, 2.05) is 18.2 Å². The highest BCUT2D eigenvalue weighted by molar-refractivity contribution is 5.45. The maximum atomic E-state index is 8.76. The molecule has 0 fully saturated rings. The Morgan fingerprint density at radius 3 is 2.93 bits per heavy atom. The molecule has 0 saturated carbocycles. The average Bonchev–Trinajstić information content (AvgIpc) is 2.64. The number of fused-ring (bicyclic) bond motifs is 1. The van der Waals surface area contributed by atoms with E-state index in [2.05, 4.69) is 0 Å². The van der Waals surface area contributed by atoms with Crippen molar-refractivity contribution in [1.82, 2.24) is 0 Å². The van der Waals surface area contributed by atoms with Crippen LogP contribution in [0.2, 0.25) is 0 Å². The topological polar surface area (TPSA) is 64.7 Å². The number of hydrogen-bond acceptors (Lipinski definition) is 4. The molecule has 1 aromatic rings. The normalized spacial score (nSPS) is 15.6. The zero-order chi connectivity index (χ0) is 9.97. The van der Waals surface area contributed by atoms with Crippen molar-refractivity contribution in [3.8, 4) is 11.5 Å². The van der Waals surface area contributed by atoms with Gasteiger partial charge in [-0.1, -0.05) is 6.07 Å². The Kier molecular flexibility index (Phi) is 2.56. The molecule has 4 heteroatoms. The molecular formula is C10H13NO3. The van der Waals surface area contributed by atoms with Crippen molar-refractivity contribution in [1.29, 1.82) is 0 Å². The van der Waals surface area contributed by atoms with E-state index in [0.29, 0.717) is 6.42 Å². The molecule has 0 saturated heterocycles. The van der Waals surface area contributed by atoms with Crippen LogP contribution in [0, 0.1) is 0 Å². The number of hydrogen-bond donors (Lipinski definition) is 2. The first kappa shape index (κ1) is 9.30. The van der Waals surface area contributed by atoms with Gasteiger partial charge in [-0.2, -0.15) is 0 Å². The van der Waals surface area contributed by atoms with Gasteiger partial charge in [-0.05, 0) is 24.1 Å². The molecule has 0 aliphatic carbocycles. The van der Waals surface area contributed by atoms with Crippen molar-refractivity contribution >= 4 is 0 Å².